The van der Waals surface area contributed by atoms with Crippen molar-refractivity contribution < 1.29 is 8.42 Å². The Kier molecular flexibility index (Phi) is 2.54. The molecule has 0 N–H and O–H groups in total. The molecule has 0 saturated carbocycles. The molecule has 0 aliphatic heterocycles. The average molecular weight is 237 g/mol. The average Bonchev–Trinajstić information content (AvgIpc) is 2.48. The first-order chi connectivity index (χ1) is 7.46. The Bertz CT molecular complexity index is 638. The predicted octanol–water partition coefficient (Wildman–Crippen LogP) is 2.32. The molecule has 0 spiro atoms. The molecular formula is C12H15NO2S. The quantitative estimate of drug-likeness (QED) is 0.804. The number of aryl methyl sites for hydroxylation is 1. The van der Waals surface area contributed by atoms with Gasteiger partial charge in [0.2, 0.25) is 10.0 Å². The van der Waals surface area contributed by atoms with E-state index in [9.17, 15) is 8.42 Å². The molecule has 0 aliphatic rings. The molecule has 2 rings (SSSR count). The number of fused-ring (bicyclic) bond motifs is 1. The summed E-state index contributed by atoms with van der Waals surface area (Å²) >= 11 is 0. The summed E-state index contributed by atoms with van der Waals surface area (Å²) in [5.74, 6) is 0. The molecule has 0 amide bonds. The standard InChI is InChI=1S/C12H15NO2S/c1-4-10-9(2)13(16(3,14)15)12-8-6-5-7-11(10)12/h5-8H,4H2,1-3H3. The summed E-state index contributed by atoms with van der Waals surface area (Å²) in [7, 11) is -3.23. The molecule has 0 fully saturated rings. The molecule has 0 aliphatic carbocycles. The van der Waals surface area contributed by atoms with E-state index in [1.54, 1.807) is 0 Å². The summed E-state index contributed by atoms with van der Waals surface area (Å²) in [4.78, 5) is 0. The molecule has 0 saturated heterocycles. The van der Waals surface area contributed by atoms with Crippen LogP contribution in [0.2, 0.25) is 0 Å². The first-order valence-electron chi connectivity index (χ1n) is 5.26. The summed E-state index contributed by atoms with van der Waals surface area (Å²) in [6, 6.07) is 7.63. The Morgan fingerprint density at radius 3 is 2.44 bits per heavy atom. The van der Waals surface area contributed by atoms with Gasteiger partial charge in [-0.05, 0) is 25.0 Å². The highest BCUT2D eigenvalue weighted by molar-refractivity contribution is 7.89. The van der Waals surface area contributed by atoms with Gasteiger partial charge in [0.1, 0.15) is 0 Å². The third-order valence-electron chi connectivity index (χ3n) is 2.87. The van der Waals surface area contributed by atoms with Gasteiger partial charge < -0.3 is 0 Å². The number of para-hydroxylation sites is 1. The minimum atomic E-state index is -3.23. The number of aromatic nitrogens is 1. The van der Waals surface area contributed by atoms with E-state index < -0.39 is 10.0 Å². The Hall–Kier alpha value is -1.29. The molecule has 86 valence electrons. The van der Waals surface area contributed by atoms with E-state index in [4.69, 9.17) is 0 Å². The van der Waals surface area contributed by atoms with E-state index in [2.05, 4.69) is 0 Å². The van der Waals surface area contributed by atoms with Crippen molar-refractivity contribution in [2.75, 3.05) is 6.26 Å². The van der Waals surface area contributed by atoms with Crippen LogP contribution in [0.4, 0.5) is 0 Å². The van der Waals surface area contributed by atoms with Gasteiger partial charge in [0.05, 0.1) is 11.8 Å². The van der Waals surface area contributed by atoms with Crippen LogP contribution in [0.1, 0.15) is 18.2 Å². The van der Waals surface area contributed by atoms with Crippen LogP contribution in [0.3, 0.4) is 0 Å². The maximum atomic E-state index is 11.8. The molecule has 0 unspecified atom stereocenters. The van der Waals surface area contributed by atoms with Crippen molar-refractivity contribution in [3.8, 4) is 0 Å². The summed E-state index contributed by atoms with van der Waals surface area (Å²) in [6.07, 6.45) is 2.08. The van der Waals surface area contributed by atoms with Gasteiger partial charge in [-0.15, -0.1) is 0 Å². The Balaban J connectivity index is 3.00. The topological polar surface area (TPSA) is 39.1 Å². The first-order valence-corrected chi connectivity index (χ1v) is 7.11. The highest BCUT2D eigenvalue weighted by atomic mass is 32.2. The second kappa shape index (κ2) is 3.63. The maximum Gasteiger partial charge on any atom is 0.236 e. The molecule has 16 heavy (non-hydrogen) atoms. The van der Waals surface area contributed by atoms with Crippen molar-refractivity contribution in [2.45, 2.75) is 20.3 Å². The fourth-order valence-corrected chi connectivity index (χ4v) is 3.40. The molecule has 1 heterocycles. The summed E-state index contributed by atoms with van der Waals surface area (Å²) in [6.45, 7) is 3.90. The zero-order valence-electron chi connectivity index (χ0n) is 9.69. The highest BCUT2D eigenvalue weighted by Gasteiger charge is 2.17. The molecule has 4 heteroatoms. The third-order valence-corrected chi connectivity index (χ3v) is 4.01. The molecule has 0 bridgehead atoms. The van der Waals surface area contributed by atoms with Crippen molar-refractivity contribution in [3.63, 3.8) is 0 Å². The van der Waals surface area contributed by atoms with Crippen molar-refractivity contribution >= 4 is 20.9 Å². The maximum absolute atomic E-state index is 11.8. The highest BCUT2D eigenvalue weighted by Crippen LogP contribution is 2.27. The van der Waals surface area contributed by atoms with Gasteiger partial charge in [0.25, 0.3) is 0 Å². The molecule has 1 aromatic heterocycles. The van der Waals surface area contributed by atoms with E-state index in [1.165, 1.54) is 10.2 Å². The molecular weight excluding hydrogens is 222 g/mol. The van der Waals surface area contributed by atoms with E-state index in [0.717, 1.165) is 28.6 Å². The first kappa shape index (κ1) is 11.2. The van der Waals surface area contributed by atoms with Gasteiger partial charge in [0, 0.05) is 11.1 Å². The molecule has 2 aromatic rings. The SMILES string of the molecule is CCc1c(C)n(S(C)(=O)=O)c2ccccc12. The molecule has 3 nitrogen and oxygen atoms in total. The Morgan fingerprint density at radius 2 is 1.88 bits per heavy atom. The van der Waals surface area contributed by atoms with Crippen LogP contribution in [0.15, 0.2) is 24.3 Å². The Morgan fingerprint density at radius 1 is 1.25 bits per heavy atom. The molecule has 1 aromatic carbocycles. The Labute approximate surface area is 95.8 Å². The molecule has 0 atom stereocenters. The van der Waals surface area contributed by atoms with E-state index in [-0.39, 0.29) is 0 Å². The van der Waals surface area contributed by atoms with Gasteiger partial charge in [0.15, 0.2) is 0 Å². The minimum absolute atomic E-state index is 0.777. The number of rotatable bonds is 2. The third kappa shape index (κ3) is 1.53. The number of hydrogen-bond donors (Lipinski definition) is 0. The zero-order chi connectivity index (χ0) is 11.9. The van der Waals surface area contributed by atoms with Crippen molar-refractivity contribution in [1.82, 2.24) is 3.97 Å². The van der Waals surface area contributed by atoms with Crippen LogP contribution in [0, 0.1) is 6.92 Å². The van der Waals surface area contributed by atoms with Crippen LogP contribution in [0.25, 0.3) is 10.9 Å². The van der Waals surface area contributed by atoms with Crippen molar-refractivity contribution in [1.29, 1.82) is 0 Å². The minimum Gasteiger partial charge on any atom is -0.242 e. The lowest BCUT2D eigenvalue weighted by molar-refractivity contribution is 0.594. The monoisotopic (exact) mass is 237 g/mol. The smallest absolute Gasteiger partial charge is 0.236 e. The second-order valence-electron chi connectivity index (χ2n) is 3.96. The van der Waals surface area contributed by atoms with Crippen molar-refractivity contribution in [3.05, 3.63) is 35.5 Å². The van der Waals surface area contributed by atoms with Gasteiger partial charge in [-0.3, -0.25) is 0 Å². The van der Waals surface area contributed by atoms with Gasteiger partial charge in [-0.2, -0.15) is 0 Å². The summed E-state index contributed by atoms with van der Waals surface area (Å²) < 4.78 is 25.0. The van der Waals surface area contributed by atoms with Crippen LogP contribution in [-0.2, 0) is 16.4 Å². The number of hydrogen-bond acceptors (Lipinski definition) is 2. The number of nitrogens with zero attached hydrogens (tertiary/aromatic N) is 1. The predicted molar refractivity (Wildman–Crippen MR) is 66.3 cm³/mol. The largest absolute Gasteiger partial charge is 0.242 e. The van der Waals surface area contributed by atoms with Crippen LogP contribution >= 0.6 is 0 Å². The van der Waals surface area contributed by atoms with E-state index in [1.807, 2.05) is 38.1 Å². The van der Waals surface area contributed by atoms with Gasteiger partial charge >= 0.3 is 0 Å². The van der Waals surface area contributed by atoms with Gasteiger partial charge in [-0.1, -0.05) is 25.1 Å². The van der Waals surface area contributed by atoms with E-state index in [0.29, 0.717) is 0 Å². The normalized spacial score (nSPS) is 12.2. The second-order valence-corrected chi connectivity index (χ2v) is 5.79. The summed E-state index contributed by atoms with van der Waals surface area (Å²) in [5, 5.41) is 1.04. The lowest BCUT2D eigenvalue weighted by Gasteiger charge is -2.04. The fourth-order valence-electron chi connectivity index (χ4n) is 2.28. The molecule has 0 radical (unpaired) electrons. The van der Waals surface area contributed by atoms with Crippen molar-refractivity contribution in [2.24, 2.45) is 0 Å². The van der Waals surface area contributed by atoms with Gasteiger partial charge in [-0.25, -0.2) is 12.4 Å². The van der Waals surface area contributed by atoms with E-state index >= 15 is 0 Å². The summed E-state index contributed by atoms with van der Waals surface area (Å²) in [5.41, 5.74) is 2.71. The lowest BCUT2D eigenvalue weighted by atomic mass is 10.1. The zero-order valence-corrected chi connectivity index (χ0v) is 10.5. The fraction of sp³-hybridized carbons (Fsp3) is 0.333. The number of benzene rings is 1. The van der Waals surface area contributed by atoms with Crippen LogP contribution < -0.4 is 0 Å². The van der Waals surface area contributed by atoms with Crippen LogP contribution in [0.5, 0.6) is 0 Å². The lowest BCUT2D eigenvalue weighted by Crippen LogP contribution is -2.11. The van der Waals surface area contributed by atoms with Crippen LogP contribution in [-0.4, -0.2) is 18.6 Å².